The van der Waals surface area contributed by atoms with Gasteiger partial charge in [0.1, 0.15) is 17.5 Å². The number of aliphatic hydroxyl groups is 3. The maximum Gasteiger partial charge on any atom is 0.358 e. The molecule has 2 fully saturated rings. The van der Waals surface area contributed by atoms with Crippen molar-refractivity contribution >= 4 is 11.7 Å². The first kappa shape index (κ1) is 32.4. The zero-order chi connectivity index (χ0) is 32.3. The maximum absolute atomic E-state index is 12.9. The van der Waals surface area contributed by atoms with Gasteiger partial charge in [-0.25, -0.2) is 9.48 Å². The van der Waals surface area contributed by atoms with E-state index in [1.165, 1.54) is 24.1 Å². The third-order valence-corrected chi connectivity index (χ3v) is 9.94. The van der Waals surface area contributed by atoms with Gasteiger partial charge in [-0.2, -0.15) is 0 Å². The minimum Gasteiger partial charge on any atom is -0.508 e. The molecule has 4 aliphatic rings. The molecular weight excluding hydrogens is 596 g/mol. The van der Waals surface area contributed by atoms with Crippen molar-refractivity contribution in [2.24, 2.45) is 22.9 Å². The maximum atomic E-state index is 12.9. The number of phenolic OH excluding ortho intramolecular Hbond substituents is 1. The molecule has 1 saturated heterocycles. The fourth-order valence-electron chi connectivity index (χ4n) is 7.85. The Balaban J connectivity index is 1.53. The predicted molar refractivity (Wildman–Crippen MR) is 164 cm³/mol. The Labute approximate surface area is 267 Å². The van der Waals surface area contributed by atoms with E-state index in [-0.39, 0.29) is 48.8 Å². The third kappa shape index (κ3) is 6.13. The number of oxime groups is 1. The van der Waals surface area contributed by atoms with E-state index in [1.807, 2.05) is 0 Å². The average Bonchev–Trinajstić information content (AvgIpc) is 3.55. The van der Waals surface area contributed by atoms with E-state index in [0.29, 0.717) is 37.3 Å². The number of carbonyl (C=O) groups excluding carboxylic acids is 1. The summed E-state index contributed by atoms with van der Waals surface area (Å²) in [6.45, 7) is 0.756. The Morgan fingerprint density at radius 3 is 2.70 bits per heavy atom. The highest BCUT2D eigenvalue weighted by Gasteiger charge is 2.63. The summed E-state index contributed by atoms with van der Waals surface area (Å²) in [5.41, 5.74) is 2.18. The average molecular weight is 641 g/mol. The Bertz CT molecular complexity index is 1440. The number of aromatic hydroxyl groups is 1. The molecule has 2 aliphatic carbocycles. The van der Waals surface area contributed by atoms with E-state index >= 15 is 0 Å². The number of fused-ring (bicyclic) bond motifs is 2. The highest BCUT2D eigenvalue weighted by atomic mass is 16.8. The molecule has 0 bridgehead atoms. The van der Waals surface area contributed by atoms with Crippen LogP contribution < -0.4 is 4.74 Å². The topological polar surface area (TPSA) is 178 Å². The molecular formula is C33H44N4O9. The molecule has 1 aromatic heterocycles. The van der Waals surface area contributed by atoms with Crippen molar-refractivity contribution < 1.29 is 44.3 Å². The summed E-state index contributed by atoms with van der Waals surface area (Å²) in [4.78, 5) is 18.8. The van der Waals surface area contributed by atoms with Crippen LogP contribution in [0.1, 0.15) is 92.2 Å². The van der Waals surface area contributed by atoms with Crippen LogP contribution in [0.15, 0.2) is 41.2 Å². The fourth-order valence-corrected chi connectivity index (χ4v) is 7.85. The van der Waals surface area contributed by atoms with Crippen molar-refractivity contribution in [3.8, 4) is 11.5 Å². The first-order chi connectivity index (χ1) is 22.4. The standard InChI is InChI=1S/C33H44N4O9/c1-43-32(41)26-19-34-36-37(26)28-18-25(35-46-29-10-4-7-15-44-29)23-16-20(8-2-5-13-38)22(9-3-6-14-39)30-24-17-21(40)11-12-27(24)45-33(28,42)31(23)30/h11-12,16-17,19-20,22,28-31,38-40,42H,2-10,13-15,18H2,1H3. The van der Waals surface area contributed by atoms with Crippen molar-refractivity contribution in [1.29, 1.82) is 0 Å². The number of aromatic nitrogens is 3. The van der Waals surface area contributed by atoms with Gasteiger partial charge in [0, 0.05) is 37.5 Å². The van der Waals surface area contributed by atoms with E-state index < -0.39 is 30.0 Å². The van der Waals surface area contributed by atoms with E-state index in [0.717, 1.165) is 49.7 Å². The first-order valence-corrected chi connectivity index (χ1v) is 16.4. The monoisotopic (exact) mass is 640 g/mol. The lowest BCUT2D eigenvalue weighted by atomic mass is 9.55. The summed E-state index contributed by atoms with van der Waals surface area (Å²) in [6.07, 6.45) is 10.1. The molecule has 3 heterocycles. The molecule has 1 saturated carbocycles. The van der Waals surface area contributed by atoms with Gasteiger partial charge in [-0.3, -0.25) is 0 Å². The van der Waals surface area contributed by atoms with Gasteiger partial charge in [-0.15, -0.1) is 5.10 Å². The Morgan fingerprint density at radius 2 is 1.96 bits per heavy atom. The zero-order valence-electron chi connectivity index (χ0n) is 26.2. The Kier molecular flexibility index (Phi) is 9.92. The van der Waals surface area contributed by atoms with E-state index in [4.69, 9.17) is 19.0 Å². The summed E-state index contributed by atoms with van der Waals surface area (Å²) in [7, 11) is 1.27. The van der Waals surface area contributed by atoms with Crippen LogP contribution in [-0.2, 0) is 14.3 Å². The van der Waals surface area contributed by atoms with Gasteiger partial charge in [-0.1, -0.05) is 29.3 Å². The summed E-state index contributed by atoms with van der Waals surface area (Å²) in [5.74, 6) is -3.02. The molecule has 7 unspecified atom stereocenters. The lowest BCUT2D eigenvalue weighted by molar-refractivity contribution is -0.225. The number of methoxy groups -OCH3 is 1. The second kappa shape index (κ2) is 14.1. The normalized spacial score (nSPS) is 31.0. The molecule has 4 N–H and O–H groups in total. The minimum absolute atomic E-state index is 0.00612. The molecule has 6 rings (SSSR count). The van der Waals surface area contributed by atoms with Gasteiger partial charge in [0.15, 0.2) is 5.69 Å². The third-order valence-electron chi connectivity index (χ3n) is 9.94. The fraction of sp³-hybridized carbons (Fsp3) is 0.636. The van der Waals surface area contributed by atoms with E-state index in [1.54, 1.807) is 12.1 Å². The lowest BCUT2D eigenvalue weighted by Gasteiger charge is -2.56. The van der Waals surface area contributed by atoms with Gasteiger partial charge >= 0.3 is 5.97 Å². The summed E-state index contributed by atoms with van der Waals surface area (Å²) in [6, 6.07) is 3.94. The molecule has 1 aromatic carbocycles. The van der Waals surface area contributed by atoms with Gasteiger partial charge in [-0.05, 0) is 74.1 Å². The number of allylic oxidation sites excluding steroid dienone is 1. The molecule has 0 amide bonds. The van der Waals surface area contributed by atoms with Crippen molar-refractivity contribution in [3.63, 3.8) is 0 Å². The molecule has 7 atom stereocenters. The van der Waals surface area contributed by atoms with Crippen molar-refractivity contribution in [2.45, 2.75) is 88.2 Å². The largest absolute Gasteiger partial charge is 0.508 e. The Hall–Kier alpha value is -3.52. The first-order valence-electron chi connectivity index (χ1n) is 16.4. The van der Waals surface area contributed by atoms with E-state index in [9.17, 15) is 25.2 Å². The number of aliphatic hydroxyl groups excluding tert-OH is 2. The SMILES string of the molecule is COC(=O)c1cnnn1C1CC(=NOC2CCCCO2)C2=CC(CCCCO)C(CCCCO)C3c4cc(O)ccc4OC1(O)C23. The van der Waals surface area contributed by atoms with Gasteiger partial charge in [0.25, 0.3) is 0 Å². The molecule has 13 nitrogen and oxygen atoms in total. The number of rotatable bonds is 12. The van der Waals surface area contributed by atoms with Gasteiger partial charge in [0.05, 0.1) is 31.5 Å². The number of nitrogens with zero attached hydrogens (tertiary/aromatic N) is 4. The lowest BCUT2D eigenvalue weighted by Crippen LogP contribution is -2.62. The van der Waals surface area contributed by atoms with Gasteiger partial charge < -0.3 is 39.5 Å². The quantitative estimate of drug-likeness (QED) is 0.151. The number of hydrogen-bond donors (Lipinski definition) is 4. The van der Waals surface area contributed by atoms with Crippen LogP contribution in [0.3, 0.4) is 0 Å². The van der Waals surface area contributed by atoms with Gasteiger partial charge in [0.2, 0.25) is 12.1 Å². The summed E-state index contributed by atoms with van der Waals surface area (Å²) in [5, 5.41) is 55.7. The Morgan fingerprint density at radius 1 is 1.15 bits per heavy atom. The predicted octanol–water partition coefficient (Wildman–Crippen LogP) is 3.59. The van der Waals surface area contributed by atoms with E-state index in [2.05, 4.69) is 21.5 Å². The van der Waals surface area contributed by atoms with Crippen LogP contribution >= 0.6 is 0 Å². The number of carbonyl (C=O) groups is 1. The van der Waals surface area contributed by atoms with Crippen molar-refractivity contribution in [1.82, 2.24) is 15.0 Å². The number of ether oxygens (including phenoxy) is 3. The second-order valence-corrected chi connectivity index (χ2v) is 12.7. The molecule has 13 heteroatoms. The number of phenols is 1. The number of hydrogen-bond acceptors (Lipinski definition) is 12. The van der Waals surface area contributed by atoms with Crippen LogP contribution in [0.5, 0.6) is 11.5 Å². The zero-order valence-corrected chi connectivity index (χ0v) is 26.2. The molecule has 2 aromatic rings. The molecule has 250 valence electrons. The van der Waals surface area contributed by atoms with Crippen molar-refractivity contribution in [2.75, 3.05) is 26.9 Å². The number of esters is 1. The highest BCUT2D eigenvalue weighted by Crippen LogP contribution is 2.62. The molecule has 2 aliphatic heterocycles. The van der Waals surface area contributed by atoms with Crippen LogP contribution in [0, 0.1) is 17.8 Å². The van der Waals surface area contributed by atoms with Crippen LogP contribution in [0.2, 0.25) is 0 Å². The van der Waals surface area contributed by atoms with Crippen molar-refractivity contribution in [3.05, 3.63) is 47.3 Å². The summed E-state index contributed by atoms with van der Waals surface area (Å²) >= 11 is 0. The molecule has 0 radical (unpaired) electrons. The number of unbranched alkanes of at least 4 members (excludes halogenated alkanes) is 2. The minimum atomic E-state index is -1.90. The molecule has 0 spiro atoms. The van der Waals surface area contributed by atoms with Crippen LogP contribution in [0.25, 0.3) is 0 Å². The second-order valence-electron chi connectivity index (χ2n) is 12.7. The smallest absolute Gasteiger partial charge is 0.358 e. The molecule has 46 heavy (non-hydrogen) atoms. The van der Waals surface area contributed by atoms with Crippen LogP contribution in [0.4, 0.5) is 0 Å². The summed E-state index contributed by atoms with van der Waals surface area (Å²) < 4.78 is 18.7. The number of benzene rings is 1. The van der Waals surface area contributed by atoms with Crippen LogP contribution in [-0.4, -0.2) is 86.1 Å². The highest BCUT2D eigenvalue weighted by molar-refractivity contribution is 6.02.